The van der Waals surface area contributed by atoms with E-state index in [0.717, 1.165) is 78.6 Å². The highest BCUT2D eigenvalue weighted by Crippen LogP contribution is 2.32. The zero-order valence-corrected chi connectivity index (χ0v) is 26.6. The number of carbonyl (C=O) groups excluding carboxylic acids is 1. The first-order valence-electron chi connectivity index (χ1n) is 15.6. The average molecular weight is 623 g/mol. The minimum atomic E-state index is -0.183. The zero-order valence-electron chi connectivity index (χ0n) is 25.8. The minimum Gasteiger partial charge on any atom is -0.353 e. The van der Waals surface area contributed by atoms with E-state index in [0.29, 0.717) is 17.9 Å². The number of thiophene rings is 1. The molecule has 10 nitrogen and oxygen atoms in total. The summed E-state index contributed by atoms with van der Waals surface area (Å²) in [6.45, 7) is 6.19. The quantitative estimate of drug-likeness (QED) is 0.247. The van der Waals surface area contributed by atoms with E-state index in [9.17, 15) is 9.59 Å². The van der Waals surface area contributed by atoms with Crippen LogP contribution in [0.25, 0.3) is 11.1 Å². The molecule has 45 heavy (non-hydrogen) atoms. The Morgan fingerprint density at radius 1 is 1.02 bits per heavy atom. The summed E-state index contributed by atoms with van der Waals surface area (Å²) in [5, 5.41) is 23.9. The molecular formula is C34H38N8O2S. The number of carbonyl (C=O) groups is 1. The molecule has 232 valence electrons. The van der Waals surface area contributed by atoms with Crippen molar-refractivity contribution in [3.05, 3.63) is 79.9 Å². The Bertz CT molecular complexity index is 1760. The molecule has 1 aliphatic heterocycles. The first kappa shape index (κ1) is 30.5. The Kier molecular flexibility index (Phi) is 9.23. The largest absolute Gasteiger partial charge is 0.353 e. The molecule has 0 saturated carbocycles. The van der Waals surface area contributed by atoms with Crippen molar-refractivity contribution in [1.82, 2.24) is 19.7 Å². The maximum Gasteiger partial charge on any atom is 0.274 e. The van der Waals surface area contributed by atoms with Crippen molar-refractivity contribution in [3.8, 4) is 17.2 Å². The Morgan fingerprint density at radius 2 is 1.84 bits per heavy atom. The lowest BCUT2D eigenvalue weighted by molar-refractivity contribution is 0.103. The summed E-state index contributed by atoms with van der Waals surface area (Å²) < 4.78 is 1.55. The van der Waals surface area contributed by atoms with E-state index in [1.807, 2.05) is 49.5 Å². The van der Waals surface area contributed by atoms with Crippen LogP contribution in [-0.2, 0) is 19.9 Å². The van der Waals surface area contributed by atoms with Crippen LogP contribution in [-0.4, -0.2) is 58.3 Å². The lowest BCUT2D eigenvalue weighted by Gasteiger charge is -2.34. The number of aryl methyl sites for hydroxylation is 3. The van der Waals surface area contributed by atoms with E-state index >= 15 is 0 Å². The Morgan fingerprint density at radius 3 is 2.62 bits per heavy atom. The fourth-order valence-electron chi connectivity index (χ4n) is 6.10. The summed E-state index contributed by atoms with van der Waals surface area (Å²) in [7, 11) is 1.73. The fourth-order valence-corrected chi connectivity index (χ4v) is 7.25. The molecule has 4 heterocycles. The number of nitrogens with one attached hydrogen (secondary N) is 2. The van der Waals surface area contributed by atoms with E-state index in [4.69, 9.17) is 5.26 Å². The van der Waals surface area contributed by atoms with Crippen molar-refractivity contribution in [2.24, 2.45) is 7.05 Å². The molecular weight excluding hydrogens is 584 g/mol. The summed E-state index contributed by atoms with van der Waals surface area (Å²) in [6, 6.07) is 15.7. The third-order valence-corrected chi connectivity index (χ3v) is 9.93. The third-order valence-electron chi connectivity index (χ3n) is 8.70. The van der Waals surface area contributed by atoms with Gasteiger partial charge < -0.3 is 20.1 Å². The molecule has 0 bridgehead atoms. The lowest BCUT2D eigenvalue weighted by Crippen LogP contribution is -2.46. The number of hydrogen-bond acceptors (Lipinski definition) is 9. The Hall–Kier alpha value is -4.53. The first-order chi connectivity index (χ1) is 21.9. The molecule has 1 aliphatic carbocycles. The molecule has 1 amide bonds. The van der Waals surface area contributed by atoms with E-state index in [1.54, 1.807) is 23.0 Å². The van der Waals surface area contributed by atoms with Gasteiger partial charge in [-0.2, -0.15) is 5.26 Å². The average Bonchev–Trinajstić information content (AvgIpc) is 3.34. The lowest BCUT2D eigenvalue weighted by atomic mass is 10.00. The number of piperazine rings is 1. The van der Waals surface area contributed by atoms with Gasteiger partial charge >= 0.3 is 0 Å². The van der Waals surface area contributed by atoms with E-state index < -0.39 is 0 Å². The number of hydrogen-bond donors (Lipinski definition) is 2. The second-order valence-corrected chi connectivity index (χ2v) is 12.9. The molecule has 2 N–H and O–H groups in total. The number of pyridine rings is 1. The number of benzene rings is 1. The first-order valence-corrected chi connectivity index (χ1v) is 16.4. The number of nitrogens with zero attached hydrogens (tertiary/aromatic N) is 6. The summed E-state index contributed by atoms with van der Waals surface area (Å²) in [6.07, 6.45) is 8.08. The van der Waals surface area contributed by atoms with Crippen molar-refractivity contribution in [2.75, 3.05) is 48.3 Å². The van der Waals surface area contributed by atoms with Gasteiger partial charge in [0, 0.05) is 68.5 Å². The van der Waals surface area contributed by atoms with Crippen LogP contribution in [0.2, 0.25) is 0 Å². The van der Waals surface area contributed by atoms with Gasteiger partial charge in [-0.05, 0) is 79.6 Å². The minimum absolute atomic E-state index is 0.0842. The maximum absolute atomic E-state index is 13.3. The van der Waals surface area contributed by atoms with Crippen LogP contribution in [0, 0.1) is 18.3 Å². The predicted octanol–water partition coefficient (Wildman–Crippen LogP) is 5.51. The van der Waals surface area contributed by atoms with Gasteiger partial charge in [0.15, 0.2) is 11.6 Å². The Labute approximate surface area is 267 Å². The SMILES string of the molecule is Cc1c(NC(=O)c2cc3c(s2)CCCCC3)cccc1-c1cc(Nc2ccc(N3CCN(CCC#N)CC3)nn2)c(=O)n(C)c1. The number of amides is 1. The molecule has 11 heteroatoms. The molecule has 2 aliphatic rings. The van der Waals surface area contributed by atoms with Gasteiger partial charge in [0.05, 0.1) is 10.9 Å². The van der Waals surface area contributed by atoms with Gasteiger partial charge in [0.25, 0.3) is 11.5 Å². The predicted molar refractivity (Wildman–Crippen MR) is 180 cm³/mol. The topological polar surface area (TPSA) is 119 Å². The monoisotopic (exact) mass is 622 g/mol. The number of nitriles is 1. The van der Waals surface area contributed by atoms with Gasteiger partial charge in [-0.15, -0.1) is 21.5 Å². The summed E-state index contributed by atoms with van der Waals surface area (Å²) >= 11 is 1.62. The van der Waals surface area contributed by atoms with Crippen LogP contribution in [0.4, 0.5) is 23.0 Å². The van der Waals surface area contributed by atoms with Crippen molar-refractivity contribution >= 4 is 40.3 Å². The van der Waals surface area contributed by atoms with Crippen LogP contribution >= 0.6 is 11.3 Å². The molecule has 1 aromatic carbocycles. The van der Waals surface area contributed by atoms with Crippen LogP contribution in [0.5, 0.6) is 0 Å². The Balaban J connectivity index is 1.17. The van der Waals surface area contributed by atoms with Crippen LogP contribution in [0.3, 0.4) is 0 Å². The van der Waals surface area contributed by atoms with Gasteiger partial charge in [-0.1, -0.05) is 18.6 Å². The summed E-state index contributed by atoms with van der Waals surface area (Å²) in [5.41, 5.74) is 4.96. The molecule has 6 rings (SSSR count). The number of fused-ring (bicyclic) bond motifs is 1. The van der Waals surface area contributed by atoms with Crippen molar-refractivity contribution < 1.29 is 4.79 Å². The fraction of sp³-hybridized carbons (Fsp3) is 0.382. The smallest absolute Gasteiger partial charge is 0.274 e. The number of anilines is 4. The van der Waals surface area contributed by atoms with Crippen LogP contribution in [0.15, 0.2) is 53.5 Å². The third kappa shape index (κ3) is 6.92. The van der Waals surface area contributed by atoms with E-state index in [2.05, 4.69) is 42.8 Å². The molecule has 3 aromatic heterocycles. The number of rotatable bonds is 8. The van der Waals surface area contributed by atoms with Crippen molar-refractivity contribution in [3.63, 3.8) is 0 Å². The van der Waals surface area contributed by atoms with Crippen LogP contribution < -0.4 is 21.1 Å². The maximum atomic E-state index is 13.3. The summed E-state index contributed by atoms with van der Waals surface area (Å²) in [5.74, 6) is 1.18. The second kappa shape index (κ2) is 13.6. The standard InChI is InChI=1S/C34H38N8O2S/c1-23-26(9-6-10-27(23)37-33(43)30-21-24-8-4-3-5-11-29(24)45-30)25-20-28(34(44)40(2)22-25)36-31-12-13-32(39-38-31)42-18-16-41(17-19-42)15-7-14-35/h6,9-10,12-13,20-22H,3-5,7-8,11,15-19H2,1-2H3,(H,36,38)(H,37,43). The van der Waals surface area contributed by atoms with Gasteiger partial charge in [0.1, 0.15) is 5.69 Å². The highest BCUT2D eigenvalue weighted by molar-refractivity contribution is 7.14. The normalized spacial score (nSPS) is 15.2. The van der Waals surface area contributed by atoms with E-state index in [1.165, 1.54) is 29.7 Å². The van der Waals surface area contributed by atoms with Crippen molar-refractivity contribution in [1.29, 1.82) is 5.26 Å². The highest BCUT2D eigenvalue weighted by atomic mass is 32.1. The van der Waals surface area contributed by atoms with Gasteiger partial charge in [0.2, 0.25) is 0 Å². The molecule has 1 saturated heterocycles. The van der Waals surface area contributed by atoms with Crippen molar-refractivity contribution in [2.45, 2.75) is 45.4 Å². The van der Waals surface area contributed by atoms with Gasteiger partial charge in [-0.25, -0.2) is 0 Å². The molecule has 0 radical (unpaired) electrons. The molecule has 0 atom stereocenters. The van der Waals surface area contributed by atoms with E-state index in [-0.39, 0.29) is 11.5 Å². The molecule has 0 spiro atoms. The van der Waals surface area contributed by atoms with Crippen LogP contribution in [0.1, 0.15) is 51.4 Å². The zero-order chi connectivity index (χ0) is 31.3. The molecule has 4 aromatic rings. The highest BCUT2D eigenvalue weighted by Gasteiger charge is 2.20. The summed E-state index contributed by atoms with van der Waals surface area (Å²) in [4.78, 5) is 32.9. The molecule has 0 unspecified atom stereocenters. The van der Waals surface area contributed by atoms with Gasteiger partial charge in [-0.3, -0.25) is 14.5 Å². The molecule has 1 fully saturated rings. The number of aromatic nitrogens is 3. The second-order valence-electron chi connectivity index (χ2n) is 11.7.